The van der Waals surface area contributed by atoms with Crippen molar-refractivity contribution in [2.75, 3.05) is 27.8 Å². The van der Waals surface area contributed by atoms with Crippen molar-refractivity contribution < 1.29 is 19.1 Å². The van der Waals surface area contributed by atoms with E-state index in [-0.39, 0.29) is 35.0 Å². The highest BCUT2D eigenvalue weighted by Crippen LogP contribution is 2.26. The Kier molecular flexibility index (Phi) is 14.7. The number of rotatable bonds is 16. The molecule has 55 heavy (non-hydrogen) atoms. The molecule has 2 aromatic heterocycles. The number of amidine groups is 2. The van der Waals surface area contributed by atoms with Gasteiger partial charge in [-0.25, -0.2) is 9.97 Å². The van der Waals surface area contributed by atoms with Crippen LogP contribution >= 0.6 is 0 Å². The number of ether oxygens (including phenoxy) is 2. The first-order valence-electron chi connectivity index (χ1n) is 19.1. The Labute approximate surface area is 325 Å². The zero-order valence-electron chi connectivity index (χ0n) is 34.2. The third-order valence-electron chi connectivity index (χ3n) is 9.62. The maximum atomic E-state index is 14.0. The number of nitrogens with zero attached hydrogens (tertiary/aromatic N) is 4. The average Bonchev–Trinajstić information content (AvgIpc) is 3.18. The van der Waals surface area contributed by atoms with Crippen molar-refractivity contribution in [2.45, 2.75) is 85.5 Å². The van der Waals surface area contributed by atoms with Crippen LogP contribution in [0.15, 0.2) is 82.8 Å². The Hall–Kier alpha value is -5.52. The van der Waals surface area contributed by atoms with E-state index in [0.717, 1.165) is 28.0 Å². The number of hydrogen-bond acceptors (Lipinski definition) is 8. The van der Waals surface area contributed by atoms with E-state index in [0.29, 0.717) is 30.0 Å². The molecule has 0 bridgehead atoms. The fourth-order valence-corrected chi connectivity index (χ4v) is 6.35. The first-order chi connectivity index (χ1) is 26.3. The molecule has 2 aromatic carbocycles. The highest BCUT2D eigenvalue weighted by Gasteiger charge is 2.34. The number of methoxy groups -OCH3 is 2. The number of likely N-dealkylation sites (N-methyl/N-ethyl adjacent to an activating group) is 2. The summed E-state index contributed by atoms with van der Waals surface area (Å²) in [6.45, 7) is 16.9. The van der Waals surface area contributed by atoms with Crippen molar-refractivity contribution in [3.05, 3.63) is 84.2 Å². The van der Waals surface area contributed by atoms with Crippen LogP contribution in [0.2, 0.25) is 0 Å². The normalized spacial score (nSPS) is 15.1. The zero-order chi connectivity index (χ0) is 40.3. The van der Waals surface area contributed by atoms with E-state index in [2.05, 4.69) is 50.3 Å². The van der Waals surface area contributed by atoms with Gasteiger partial charge in [0.05, 0.1) is 32.3 Å². The standard InChI is InChI=1S/C43H58N8O4/c1-12-14-23-43(8,51-40(45-13-2)36(27(5)6)50-42(53)38-32-22-18-16-20-30(32)25-34(48-38)55-11)28(7)46-39(44-9)35(26(3)4)49-41(52)37-31-21-17-15-19-29(31)24-33(47-37)54-10/h14-28,35-36H,12-13H2,1-11H3,(H,44,46)(H,45,51)(H,49,52)(H,50,53)/b23-14-/t28-,35+,36+,43?/m1/s1. The number of pyridine rings is 2. The Bertz CT molecular complexity index is 2040. The summed E-state index contributed by atoms with van der Waals surface area (Å²) in [6, 6.07) is 17.5. The molecule has 12 nitrogen and oxygen atoms in total. The SMILES string of the molecule is CC/C=C\C(C)(/N=C(\NCC)[C@@H](NC(=O)c1nc(OC)cc2ccccc12)C(C)C)[C@@H](C)/N=C(\NC)[C@@H](NC(=O)c1nc(OC)cc2ccccc12)C(C)C. The van der Waals surface area contributed by atoms with Gasteiger partial charge >= 0.3 is 0 Å². The van der Waals surface area contributed by atoms with Gasteiger partial charge in [-0.05, 0) is 49.8 Å². The molecule has 0 saturated carbocycles. The molecule has 0 fully saturated rings. The molecule has 0 radical (unpaired) electrons. The van der Waals surface area contributed by atoms with E-state index in [1.54, 1.807) is 7.05 Å². The molecule has 0 aliphatic rings. The molecule has 0 aliphatic heterocycles. The molecule has 4 atom stereocenters. The first kappa shape index (κ1) is 42.2. The van der Waals surface area contributed by atoms with Crippen molar-refractivity contribution in [2.24, 2.45) is 21.8 Å². The Morgan fingerprint density at radius 1 is 0.782 bits per heavy atom. The van der Waals surface area contributed by atoms with Gasteiger partial charge in [-0.2, -0.15) is 0 Å². The van der Waals surface area contributed by atoms with Crippen LogP contribution in [0.25, 0.3) is 21.5 Å². The summed E-state index contributed by atoms with van der Waals surface area (Å²) < 4.78 is 10.9. The smallest absolute Gasteiger partial charge is 0.271 e. The predicted octanol–water partition coefficient (Wildman–Crippen LogP) is 6.75. The lowest BCUT2D eigenvalue weighted by atomic mass is 9.92. The molecule has 1 unspecified atom stereocenters. The minimum absolute atomic E-state index is 0.0284. The van der Waals surface area contributed by atoms with Gasteiger partial charge in [0.25, 0.3) is 11.8 Å². The van der Waals surface area contributed by atoms with E-state index < -0.39 is 23.7 Å². The highest BCUT2D eigenvalue weighted by atomic mass is 16.5. The minimum atomic E-state index is -0.857. The number of aromatic nitrogens is 2. The van der Waals surface area contributed by atoms with Gasteiger partial charge in [0.1, 0.15) is 28.6 Å². The Morgan fingerprint density at radius 2 is 1.25 bits per heavy atom. The number of allylic oxidation sites excluding steroid dienone is 1. The molecular formula is C43H58N8O4. The summed E-state index contributed by atoms with van der Waals surface area (Å²) >= 11 is 0. The second-order valence-electron chi connectivity index (χ2n) is 14.4. The molecule has 2 heterocycles. The second-order valence-corrected chi connectivity index (χ2v) is 14.4. The fraction of sp³-hybridized carbons (Fsp3) is 0.442. The van der Waals surface area contributed by atoms with Crippen LogP contribution < -0.4 is 30.7 Å². The molecular weight excluding hydrogens is 693 g/mol. The predicted molar refractivity (Wildman–Crippen MR) is 224 cm³/mol. The third-order valence-corrected chi connectivity index (χ3v) is 9.62. The molecule has 12 heteroatoms. The highest BCUT2D eigenvalue weighted by molar-refractivity contribution is 6.08. The number of hydrogen-bond donors (Lipinski definition) is 4. The summed E-state index contributed by atoms with van der Waals surface area (Å²) in [7, 11) is 4.88. The average molecular weight is 751 g/mol. The largest absolute Gasteiger partial charge is 0.481 e. The maximum absolute atomic E-state index is 14.0. The van der Waals surface area contributed by atoms with E-state index in [1.807, 2.05) is 109 Å². The van der Waals surface area contributed by atoms with Crippen molar-refractivity contribution in [3.63, 3.8) is 0 Å². The number of carbonyl (C=O) groups is 2. The lowest BCUT2D eigenvalue weighted by molar-refractivity contribution is 0.0927. The molecule has 0 saturated heterocycles. The van der Waals surface area contributed by atoms with Crippen LogP contribution in [-0.4, -0.2) is 84.9 Å². The van der Waals surface area contributed by atoms with Gasteiger partial charge < -0.3 is 30.7 Å². The van der Waals surface area contributed by atoms with E-state index in [4.69, 9.17) is 19.5 Å². The Balaban J connectivity index is 1.73. The lowest BCUT2D eigenvalue weighted by Crippen LogP contribution is -2.52. The molecule has 2 amide bonds. The molecule has 4 aromatic rings. The number of benzene rings is 2. The minimum Gasteiger partial charge on any atom is -0.481 e. The van der Waals surface area contributed by atoms with Crippen LogP contribution in [-0.2, 0) is 0 Å². The monoisotopic (exact) mass is 750 g/mol. The van der Waals surface area contributed by atoms with E-state index in [1.165, 1.54) is 14.2 Å². The Morgan fingerprint density at radius 3 is 1.67 bits per heavy atom. The van der Waals surface area contributed by atoms with Crippen molar-refractivity contribution in [1.29, 1.82) is 0 Å². The molecule has 0 aliphatic carbocycles. The number of amides is 2. The van der Waals surface area contributed by atoms with Crippen molar-refractivity contribution >= 4 is 45.0 Å². The summed E-state index contributed by atoms with van der Waals surface area (Å²) in [5.41, 5.74) is -0.302. The quantitative estimate of drug-likeness (QED) is 0.0558. The number of aliphatic imine (C=N–C) groups is 2. The van der Waals surface area contributed by atoms with Gasteiger partial charge in [0.15, 0.2) is 0 Å². The van der Waals surface area contributed by atoms with Gasteiger partial charge in [0.2, 0.25) is 11.8 Å². The van der Waals surface area contributed by atoms with E-state index in [9.17, 15) is 9.59 Å². The van der Waals surface area contributed by atoms with Crippen LogP contribution in [0.5, 0.6) is 11.8 Å². The van der Waals surface area contributed by atoms with Crippen molar-refractivity contribution in [1.82, 2.24) is 31.2 Å². The maximum Gasteiger partial charge on any atom is 0.271 e. The summed E-state index contributed by atoms with van der Waals surface area (Å²) in [5, 5.41) is 16.3. The fourth-order valence-electron chi connectivity index (χ4n) is 6.35. The van der Waals surface area contributed by atoms with Crippen LogP contribution in [0.4, 0.5) is 0 Å². The van der Waals surface area contributed by atoms with Gasteiger partial charge in [-0.15, -0.1) is 0 Å². The second kappa shape index (κ2) is 19.2. The summed E-state index contributed by atoms with van der Waals surface area (Å²) in [5.74, 6) is 1.22. The van der Waals surface area contributed by atoms with Gasteiger partial charge in [-0.1, -0.05) is 95.3 Å². The van der Waals surface area contributed by atoms with Gasteiger partial charge in [-0.3, -0.25) is 19.6 Å². The molecule has 4 rings (SSSR count). The number of nitrogens with one attached hydrogen (secondary N) is 4. The van der Waals surface area contributed by atoms with Crippen LogP contribution in [0.3, 0.4) is 0 Å². The first-order valence-corrected chi connectivity index (χ1v) is 19.1. The molecule has 4 N–H and O–H groups in total. The summed E-state index contributed by atoms with van der Waals surface area (Å²) in [6.07, 6.45) is 4.94. The van der Waals surface area contributed by atoms with Crippen LogP contribution in [0.1, 0.15) is 82.8 Å². The summed E-state index contributed by atoms with van der Waals surface area (Å²) in [4.78, 5) is 47.6. The van der Waals surface area contributed by atoms with Crippen LogP contribution in [0, 0.1) is 11.8 Å². The lowest BCUT2D eigenvalue weighted by Gasteiger charge is -2.33. The molecule has 0 spiro atoms. The van der Waals surface area contributed by atoms with Crippen molar-refractivity contribution in [3.8, 4) is 11.8 Å². The number of carbonyl (C=O) groups excluding carboxylic acids is 2. The topological polar surface area (TPSA) is 151 Å². The number of fused-ring (bicyclic) bond motifs is 2. The third kappa shape index (κ3) is 10.2. The molecule has 294 valence electrons. The van der Waals surface area contributed by atoms with Gasteiger partial charge in [0, 0.05) is 36.5 Å². The van der Waals surface area contributed by atoms with E-state index >= 15 is 0 Å². The zero-order valence-corrected chi connectivity index (χ0v) is 34.2.